The molecule has 0 amide bonds. The second-order valence-electron chi connectivity index (χ2n) is 6.46. The zero-order valence-corrected chi connectivity index (χ0v) is 13.5. The normalized spacial score (nSPS) is 15.2. The minimum atomic E-state index is -0.818. The maximum Gasteiger partial charge on any atom is 0.323 e. The van der Waals surface area contributed by atoms with Gasteiger partial charge in [0.25, 0.3) is 0 Å². The molecule has 0 aliphatic rings. The molecule has 0 aromatic carbocycles. The lowest BCUT2D eigenvalue weighted by atomic mass is 9.97. The Balaban J connectivity index is 4.52. The quantitative estimate of drug-likeness (QED) is 0.641. The van der Waals surface area contributed by atoms with Gasteiger partial charge in [0.2, 0.25) is 0 Å². The molecule has 2 N–H and O–H groups in total. The van der Waals surface area contributed by atoms with Crippen LogP contribution in [0.5, 0.6) is 0 Å². The van der Waals surface area contributed by atoms with Crippen LogP contribution in [0.2, 0.25) is 0 Å². The third-order valence-electron chi connectivity index (χ3n) is 3.21. The molecule has 0 aliphatic heterocycles. The fourth-order valence-corrected chi connectivity index (χ4v) is 2.33. The number of likely N-dealkylation sites (N-methyl/N-ethyl adjacent to an activating group) is 1. The second-order valence-corrected chi connectivity index (χ2v) is 6.46. The van der Waals surface area contributed by atoms with E-state index in [2.05, 4.69) is 37.9 Å². The van der Waals surface area contributed by atoms with Crippen LogP contribution < -0.4 is 5.32 Å². The van der Waals surface area contributed by atoms with Crippen LogP contribution in [0.25, 0.3) is 0 Å². The van der Waals surface area contributed by atoms with Crippen LogP contribution in [-0.2, 0) is 4.79 Å². The Morgan fingerprint density at radius 3 is 2.00 bits per heavy atom. The average molecular weight is 272 g/mol. The summed E-state index contributed by atoms with van der Waals surface area (Å²) in [5, 5.41) is 12.5. The highest BCUT2D eigenvalue weighted by Crippen LogP contribution is 2.13. The molecule has 0 radical (unpaired) electrons. The minimum Gasteiger partial charge on any atom is -0.480 e. The van der Waals surface area contributed by atoms with E-state index in [1.807, 2.05) is 6.92 Å². The van der Waals surface area contributed by atoms with Gasteiger partial charge in [-0.2, -0.15) is 0 Å². The molecule has 0 bridgehead atoms. The maximum absolute atomic E-state index is 11.4. The fourth-order valence-electron chi connectivity index (χ4n) is 2.33. The first-order valence-electron chi connectivity index (χ1n) is 7.42. The molecule has 1 unspecified atom stereocenters. The predicted octanol–water partition coefficient (Wildman–Crippen LogP) is 2.44. The van der Waals surface area contributed by atoms with Gasteiger partial charge in [0.05, 0.1) is 0 Å². The first-order chi connectivity index (χ1) is 8.71. The first kappa shape index (κ1) is 18.4. The standard InChI is InChI=1S/C15H32N2O2/c1-7-16-15(6,14(18)19)8-9-17(10-12(2)3)11-13(4)5/h12-13,16H,7-11H2,1-6H3,(H,18,19). The number of rotatable bonds is 10. The highest BCUT2D eigenvalue weighted by Gasteiger charge is 2.32. The fraction of sp³-hybridized carbons (Fsp3) is 0.933. The van der Waals surface area contributed by atoms with E-state index in [-0.39, 0.29) is 0 Å². The third-order valence-corrected chi connectivity index (χ3v) is 3.21. The molecular formula is C15H32N2O2. The highest BCUT2D eigenvalue weighted by atomic mass is 16.4. The van der Waals surface area contributed by atoms with Gasteiger partial charge in [-0.05, 0) is 31.7 Å². The number of aliphatic carboxylic acids is 1. The highest BCUT2D eigenvalue weighted by molar-refractivity contribution is 5.78. The molecule has 0 spiro atoms. The van der Waals surface area contributed by atoms with Crippen molar-refractivity contribution in [3.63, 3.8) is 0 Å². The molecule has 0 heterocycles. The molecule has 1 atom stereocenters. The SMILES string of the molecule is CCNC(C)(CCN(CC(C)C)CC(C)C)C(=O)O. The Labute approximate surface area is 118 Å². The lowest BCUT2D eigenvalue weighted by molar-refractivity contribution is -0.144. The van der Waals surface area contributed by atoms with Gasteiger partial charge >= 0.3 is 5.97 Å². The van der Waals surface area contributed by atoms with Crippen LogP contribution in [0.15, 0.2) is 0 Å². The van der Waals surface area contributed by atoms with Gasteiger partial charge in [0, 0.05) is 19.6 Å². The van der Waals surface area contributed by atoms with Crippen molar-refractivity contribution in [2.24, 2.45) is 11.8 Å². The summed E-state index contributed by atoms with van der Waals surface area (Å²) in [6.07, 6.45) is 0.635. The summed E-state index contributed by atoms with van der Waals surface area (Å²) in [7, 11) is 0. The maximum atomic E-state index is 11.4. The number of nitrogens with one attached hydrogen (secondary N) is 1. The van der Waals surface area contributed by atoms with Crippen molar-refractivity contribution in [2.45, 2.75) is 53.5 Å². The molecule has 0 rings (SSSR count). The van der Waals surface area contributed by atoms with Gasteiger partial charge in [-0.15, -0.1) is 0 Å². The van der Waals surface area contributed by atoms with Gasteiger partial charge in [-0.1, -0.05) is 34.6 Å². The molecule has 0 aliphatic carbocycles. The Bertz CT molecular complexity index is 257. The van der Waals surface area contributed by atoms with Gasteiger partial charge < -0.3 is 15.3 Å². The van der Waals surface area contributed by atoms with Crippen LogP contribution in [0, 0.1) is 11.8 Å². The van der Waals surface area contributed by atoms with Gasteiger partial charge in [-0.3, -0.25) is 4.79 Å². The number of nitrogens with zero attached hydrogens (tertiary/aromatic N) is 1. The van der Waals surface area contributed by atoms with Crippen LogP contribution in [0.3, 0.4) is 0 Å². The first-order valence-corrected chi connectivity index (χ1v) is 7.42. The monoisotopic (exact) mass is 272 g/mol. The summed E-state index contributed by atoms with van der Waals surface area (Å²) in [4.78, 5) is 13.8. The van der Waals surface area contributed by atoms with Crippen molar-refractivity contribution in [1.82, 2.24) is 10.2 Å². The summed E-state index contributed by atoms with van der Waals surface area (Å²) in [5.74, 6) is 0.450. The number of carbonyl (C=O) groups is 1. The average Bonchev–Trinajstić information content (AvgIpc) is 2.24. The van der Waals surface area contributed by atoms with E-state index in [0.29, 0.717) is 24.8 Å². The van der Waals surface area contributed by atoms with Crippen LogP contribution in [-0.4, -0.2) is 47.7 Å². The van der Waals surface area contributed by atoms with E-state index < -0.39 is 11.5 Å². The van der Waals surface area contributed by atoms with E-state index in [9.17, 15) is 9.90 Å². The molecule has 0 fully saturated rings. The summed E-state index contributed by atoms with van der Waals surface area (Å²) in [6, 6.07) is 0. The van der Waals surface area contributed by atoms with Crippen LogP contribution >= 0.6 is 0 Å². The molecule has 0 saturated heterocycles. The smallest absolute Gasteiger partial charge is 0.323 e. The van der Waals surface area contributed by atoms with Crippen molar-refractivity contribution in [1.29, 1.82) is 0 Å². The Kier molecular flexibility index (Phi) is 8.26. The summed E-state index contributed by atoms with van der Waals surface area (Å²) >= 11 is 0. The van der Waals surface area contributed by atoms with E-state index in [4.69, 9.17) is 0 Å². The van der Waals surface area contributed by atoms with Crippen LogP contribution in [0.1, 0.15) is 48.0 Å². The molecular weight excluding hydrogens is 240 g/mol. The van der Waals surface area contributed by atoms with Crippen molar-refractivity contribution in [2.75, 3.05) is 26.2 Å². The van der Waals surface area contributed by atoms with Crippen molar-refractivity contribution < 1.29 is 9.90 Å². The summed E-state index contributed by atoms with van der Waals surface area (Å²) in [6.45, 7) is 16.1. The van der Waals surface area contributed by atoms with Crippen LogP contribution in [0.4, 0.5) is 0 Å². The number of carboxylic acid groups (broad SMARTS) is 1. The topological polar surface area (TPSA) is 52.6 Å². The van der Waals surface area contributed by atoms with Crippen molar-refractivity contribution in [3.05, 3.63) is 0 Å². The molecule has 114 valence electrons. The molecule has 0 aromatic rings. The number of hydrogen-bond donors (Lipinski definition) is 2. The zero-order valence-electron chi connectivity index (χ0n) is 13.5. The number of carboxylic acids is 1. The lowest BCUT2D eigenvalue weighted by Crippen LogP contribution is -2.51. The summed E-state index contributed by atoms with van der Waals surface area (Å²) in [5.41, 5.74) is -0.818. The van der Waals surface area contributed by atoms with Gasteiger partial charge in [0.15, 0.2) is 0 Å². The van der Waals surface area contributed by atoms with E-state index in [1.165, 1.54) is 0 Å². The zero-order chi connectivity index (χ0) is 15.1. The molecule has 4 nitrogen and oxygen atoms in total. The summed E-state index contributed by atoms with van der Waals surface area (Å²) < 4.78 is 0. The second kappa shape index (κ2) is 8.54. The Hall–Kier alpha value is -0.610. The molecule has 0 aromatic heterocycles. The van der Waals surface area contributed by atoms with Crippen molar-refractivity contribution >= 4 is 5.97 Å². The third kappa shape index (κ3) is 7.53. The Morgan fingerprint density at radius 2 is 1.68 bits per heavy atom. The lowest BCUT2D eigenvalue weighted by Gasteiger charge is -2.31. The van der Waals surface area contributed by atoms with E-state index in [0.717, 1.165) is 19.6 Å². The largest absolute Gasteiger partial charge is 0.480 e. The molecule has 19 heavy (non-hydrogen) atoms. The van der Waals surface area contributed by atoms with Gasteiger partial charge in [0.1, 0.15) is 5.54 Å². The Morgan fingerprint density at radius 1 is 1.21 bits per heavy atom. The number of hydrogen-bond acceptors (Lipinski definition) is 3. The minimum absolute atomic E-state index is 0.606. The van der Waals surface area contributed by atoms with E-state index in [1.54, 1.807) is 6.92 Å². The van der Waals surface area contributed by atoms with Gasteiger partial charge in [-0.25, -0.2) is 0 Å². The molecule has 0 saturated carbocycles. The van der Waals surface area contributed by atoms with E-state index >= 15 is 0 Å². The van der Waals surface area contributed by atoms with Crippen molar-refractivity contribution in [3.8, 4) is 0 Å². The molecule has 4 heteroatoms. The predicted molar refractivity (Wildman–Crippen MR) is 80.5 cm³/mol.